The summed E-state index contributed by atoms with van der Waals surface area (Å²) >= 11 is 1.72. The van der Waals surface area contributed by atoms with Gasteiger partial charge < -0.3 is 5.32 Å². The molecule has 0 aliphatic carbocycles. The summed E-state index contributed by atoms with van der Waals surface area (Å²) in [5.41, 5.74) is 3.67. The van der Waals surface area contributed by atoms with Gasteiger partial charge in [0.25, 0.3) is 0 Å². The predicted molar refractivity (Wildman–Crippen MR) is 78.8 cm³/mol. The molecule has 0 amide bonds. The zero-order valence-electron chi connectivity index (χ0n) is 11.2. The fourth-order valence-corrected chi connectivity index (χ4v) is 2.72. The number of nitrogens with one attached hydrogen (secondary N) is 1. The Labute approximate surface area is 113 Å². The molecule has 2 nitrogen and oxygen atoms in total. The Hall–Kier alpha value is -1.19. The summed E-state index contributed by atoms with van der Waals surface area (Å²) in [6.45, 7) is 8.46. The zero-order chi connectivity index (χ0) is 13.0. The van der Waals surface area contributed by atoms with Crippen LogP contribution in [0.15, 0.2) is 29.6 Å². The van der Waals surface area contributed by atoms with Crippen molar-refractivity contribution in [2.24, 2.45) is 5.92 Å². The van der Waals surface area contributed by atoms with Gasteiger partial charge in [-0.25, -0.2) is 4.98 Å². The Morgan fingerprint density at radius 2 is 2.06 bits per heavy atom. The molecule has 3 heteroatoms. The molecule has 0 fully saturated rings. The Kier molecular flexibility index (Phi) is 4.50. The molecule has 1 N–H and O–H groups in total. The first-order valence-electron chi connectivity index (χ1n) is 6.38. The van der Waals surface area contributed by atoms with Gasteiger partial charge in [0.15, 0.2) is 0 Å². The molecule has 0 atom stereocenters. The average molecular weight is 260 g/mol. The second-order valence-electron chi connectivity index (χ2n) is 4.98. The first kappa shape index (κ1) is 13.2. The molecule has 0 spiro atoms. The van der Waals surface area contributed by atoms with Crippen LogP contribution < -0.4 is 5.32 Å². The van der Waals surface area contributed by atoms with E-state index in [-0.39, 0.29) is 0 Å². The molecule has 0 radical (unpaired) electrons. The minimum absolute atomic E-state index is 0.680. The van der Waals surface area contributed by atoms with E-state index in [1.807, 2.05) is 0 Å². The third-order valence-electron chi connectivity index (χ3n) is 2.79. The third kappa shape index (κ3) is 3.40. The number of aromatic nitrogens is 1. The van der Waals surface area contributed by atoms with Gasteiger partial charge in [-0.1, -0.05) is 38.1 Å². The predicted octanol–water partition coefficient (Wildman–Crippen LogP) is 3.86. The molecule has 96 valence electrons. The lowest BCUT2D eigenvalue weighted by molar-refractivity contribution is 0.549. The largest absolute Gasteiger partial charge is 0.311 e. The van der Waals surface area contributed by atoms with Crippen LogP contribution in [0, 0.1) is 12.8 Å². The normalized spacial score (nSPS) is 11.1. The Morgan fingerprint density at radius 1 is 1.28 bits per heavy atom. The number of aryl methyl sites for hydroxylation is 1. The van der Waals surface area contributed by atoms with Gasteiger partial charge in [0, 0.05) is 17.5 Å². The Balaban J connectivity index is 2.04. The number of nitrogens with zero attached hydrogens (tertiary/aromatic N) is 1. The molecule has 0 aliphatic heterocycles. The van der Waals surface area contributed by atoms with E-state index in [1.165, 1.54) is 11.1 Å². The topological polar surface area (TPSA) is 24.9 Å². The van der Waals surface area contributed by atoms with Crippen molar-refractivity contribution in [1.29, 1.82) is 0 Å². The second-order valence-corrected chi connectivity index (χ2v) is 5.84. The van der Waals surface area contributed by atoms with E-state index in [1.54, 1.807) is 11.3 Å². The number of hydrogen-bond donors (Lipinski definition) is 1. The van der Waals surface area contributed by atoms with Gasteiger partial charge in [-0.15, -0.1) is 11.3 Å². The molecule has 0 bridgehead atoms. The standard InChI is InChI=1S/C15H20N2S/c1-11(2)8-16-9-13-10-18-15(17-13)14-7-5-4-6-12(14)3/h4-7,10-11,16H,8-9H2,1-3H3. The van der Waals surface area contributed by atoms with Gasteiger partial charge in [0.05, 0.1) is 5.69 Å². The van der Waals surface area contributed by atoms with E-state index in [0.29, 0.717) is 5.92 Å². The summed E-state index contributed by atoms with van der Waals surface area (Å²) in [5, 5.41) is 6.69. The number of rotatable bonds is 5. The summed E-state index contributed by atoms with van der Waals surface area (Å²) in [6.07, 6.45) is 0. The minimum atomic E-state index is 0.680. The fourth-order valence-electron chi connectivity index (χ4n) is 1.81. The van der Waals surface area contributed by atoms with Crippen molar-refractivity contribution in [2.75, 3.05) is 6.54 Å². The van der Waals surface area contributed by atoms with Crippen LogP contribution in [0.2, 0.25) is 0 Å². The second kappa shape index (κ2) is 6.12. The van der Waals surface area contributed by atoms with Crippen LogP contribution in [0.3, 0.4) is 0 Å². The van der Waals surface area contributed by atoms with Crippen molar-refractivity contribution < 1.29 is 0 Å². The monoisotopic (exact) mass is 260 g/mol. The van der Waals surface area contributed by atoms with Crippen molar-refractivity contribution in [2.45, 2.75) is 27.3 Å². The van der Waals surface area contributed by atoms with Gasteiger partial charge in [-0.05, 0) is 24.9 Å². The first-order chi connectivity index (χ1) is 8.66. The van der Waals surface area contributed by atoms with Crippen molar-refractivity contribution >= 4 is 11.3 Å². The van der Waals surface area contributed by atoms with Crippen LogP contribution in [0.5, 0.6) is 0 Å². The highest BCUT2D eigenvalue weighted by Gasteiger charge is 2.06. The lowest BCUT2D eigenvalue weighted by Gasteiger charge is -2.05. The summed E-state index contributed by atoms with van der Waals surface area (Å²) in [4.78, 5) is 4.69. The van der Waals surface area contributed by atoms with Gasteiger partial charge in [0.2, 0.25) is 0 Å². The molecule has 1 aromatic carbocycles. The summed E-state index contributed by atoms with van der Waals surface area (Å²) in [7, 11) is 0. The third-order valence-corrected chi connectivity index (χ3v) is 3.71. The Bertz CT molecular complexity index is 503. The molecule has 0 saturated carbocycles. The maximum Gasteiger partial charge on any atom is 0.123 e. The van der Waals surface area contributed by atoms with E-state index in [2.05, 4.69) is 55.7 Å². The number of hydrogen-bond acceptors (Lipinski definition) is 3. The van der Waals surface area contributed by atoms with E-state index in [4.69, 9.17) is 4.98 Å². The van der Waals surface area contributed by atoms with Crippen LogP contribution in [0.1, 0.15) is 25.1 Å². The summed E-state index contributed by atoms with van der Waals surface area (Å²) in [5.74, 6) is 0.680. The Morgan fingerprint density at radius 3 is 2.78 bits per heavy atom. The van der Waals surface area contributed by atoms with Gasteiger partial charge >= 0.3 is 0 Å². The van der Waals surface area contributed by atoms with Crippen LogP contribution in [0.4, 0.5) is 0 Å². The first-order valence-corrected chi connectivity index (χ1v) is 7.26. The van der Waals surface area contributed by atoms with Gasteiger partial charge in [-0.3, -0.25) is 0 Å². The number of thiazole rings is 1. The lowest BCUT2D eigenvalue weighted by Crippen LogP contribution is -2.19. The van der Waals surface area contributed by atoms with Gasteiger partial charge in [-0.2, -0.15) is 0 Å². The van der Waals surface area contributed by atoms with E-state index >= 15 is 0 Å². The summed E-state index contributed by atoms with van der Waals surface area (Å²) in [6, 6.07) is 8.41. The quantitative estimate of drug-likeness (QED) is 0.883. The van der Waals surface area contributed by atoms with Crippen LogP contribution in [-0.4, -0.2) is 11.5 Å². The van der Waals surface area contributed by atoms with Crippen LogP contribution in [0.25, 0.3) is 10.6 Å². The van der Waals surface area contributed by atoms with Crippen molar-refractivity contribution in [3.63, 3.8) is 0 Å². The maximum absolute atomic E-state index is 4.69. The highest BCUT2D eigenvalue weighted by Crippen LogP contribution is 2.26. The molecular formula is C15H20N2S. The lowest BCUT2D eigenvalue weighted by atomic mass is 10.1. The molecule has 18 heavy (non-hydrogen) atoms. The van der Waals surface area contributed by atoms with Crippen molar-refractivity contribution in [3.05, 3.63) is 40.9 Å². The van der Waals surface area contributed by atoms with Gasteiger partial charge in [0.1, 0.15) is 5.01 Å². The minimum Gasteiger partial charge on any atom is -0.311 e. The molecule has 0 aliphatic rings. The highest BCUT2D eigenvalue weighted by atomic mass is 32.1. The van der Waals surface area contributed by atoms with Crippen molar-refractivity contribution in [1.82, 2.24) is 10.3 Å². The maximum atomic E-state index is 4.69. The average Bonchev–Trinajstić information content (AvgIpc) is 2.78. The number of benzene rings is 1. The summed E-state index contributed by atoms with van der Waals surface area (Å²) < 4.78 is 0. The zero-order valence-corrected chi connectivity index (χ0v) is 12.1. The van der Waals surface area contributed by atoms with Crippen LogP contribution in [-0.2, 0) is 6.54 Å². The van der Waals surface area contributed by atoms with Crippen molar-refractivity contribution in [3.8, 4) is 10.6 Å². The molecule has 0 saturated heterocycles. The fraction of sp³-hybridized carbons (Fsp3) is 0.400. The molecular weight excluding hydrogens is 240 g/mol. The van der Waals surface area contributed by atoms with E-state index < -0.39 is 0 Å². The molecule has 2 rings (SSSR count). The highest BCUT2D eigenvalue weighted by molar-refractivity contribution is 7.13. The molecule has 1 aromatic heterocycles. The van der Waals surface area contributed by atoms with E-state index in [0.717, 1.165) is 23.8 Å². The smallest absolute Gasteiger partial charge is 0.123 e. The molecule has 1 heterocycles. The van der Waals surface area contributed by atoms with Crippen LogP contribution >= 0.6 is 11.3 Å². The van der Waals surface area contributed by atoms with E-state index in [9.17, 15) is 0 Å². The molecule has 2 aromatic rings. The SMILES string of the molecule is Cc1ccccc1-c1nc(CNCC(C)C)cs1. The molecule has 0 unspecified atom stereocenters.